The number of benzene rings is 1. The number of thiophene rings is 1. The van der Waals surface area contributed by atoms with Gasteiger partial charge in [0.05, 0.1) is 9.47 Å². The minimum Gasteiger partial charge on any atom is -0.396 e. The standard InChI is InChI=1S/C13H14BrFN2S/c1-17(6-9-5-12(14)18-8-9)7-10-3-2-4-11(16)13(10)15/h2-5,8H,6-7,16H2,1H3. The van der Waals surface area contributed by atoms with Gasteiger partial charge in [-0.1, -0.05) is 12.1 Å². The Morgan fingerprint density at radius 1 is 1.39 bits per heavy atom. The van der Waals surface area contributed by atoms with E-state index in [-0.39, 0.29) is 11.5 Å². The molecular weight excluding hydrogens is 315 g/mol. The SMILES string of the molecule is CN(Cc1csc(Br)c1)Cc1cccc(N)c1F. The predicted molar refractivity (Wildman–Crippen MR) is 78.0 cm³/mol. The molecule has 5 heteroatoms. The van der Waals surface area contributed by atoms with E-state index < -0.39 is 0 Å². The number of anilines is 1. The van der Waals surface area contributed by atoms with Crippen molar-refractivity contribution in [3.63, 3.8) is 0 Å². The van der Waals surface area contributed by atoms with Crippen LogP contribution in [0.25, 0.3) is 0 Å². The molecule has 1 aromatic heterocycles. The fraction of sp³-hybridized carbons (Fsp3) is 0.231. The van der Waals surface area contributed by atoms with Crippen LogP contribution in [0.1, 0.15) is 11.1 Å². The first kappa shape index (κ1) is 13.5. The van der Waals surface area contributed by atoms with Crippen molar-refractivity contribution in [1.82, 2.24) is 4.90 Å². The van der Waals surface area contributed by atoms with Gasteiger partial charge in [0.1, 0.15) is 0 Å². The molecule has 18 heavy (non-hydrogen) atoms. The van der Waals surface area contributed by atoms with Crippen LogP contribution in [0.5, 0.6) is 0 Å². The number of nitrogens with two attached hydrogens (primary N) is 1. The lowest BCUT2D eigenvalue weighted by Gasteiger charge is -2.16. The van der Waals surface area contributed by atoms with Crippen molar-refractivity contribution in [2.24, 2.45) is 0 Å². The van der Waals surface area contributed by atoms with E-state index in [0.717, 1.165) is 10.3 Å². The van der Waals surface area contributed by atoms with Crippen molar-refractivity contribution in [2.45, 2.75) is 13.1 Å². The largest absolute Gasteiger partial charge is 0.396 e. The maximum absolute atomic E-state index is 13.7. The molecule has 1 aromatic carbocycles. The number of rotatable bonds is 4. The Balaban J connectivity index is 2.03. The summed E-state index contributed by atoms with van der Waals surface area (Å²) in [6, 6.07) is 7.21. The molecule has 96 valence electrons. The van der Waals surface area contributed by atoms with Gasteiger partial charge in [-0.3, -0.25) is 4.90 Å². The zero-order valence-corrected chi connectivity index (χ0v) is 12.4. The molecule has 2 rings (SSSR count). The van der Waals surface area contributed by atoms with Gasteiger partial charge in [-0.15, -0.1) is 11.3 Å². The van der Waals surface area contributed by atoms with Crippen molar-refractivity contribution in [1.29, 1.82) is 0 Å². The molecule has 0 aliphatic rings. The lowest BCUT2D eigenvalue weighted by molar-refractivity contribution is 0.314. The summed E-state index contributed by atoms with van der Waals surface area (Å²) in [7, 11) is 1.97. The molecule has 0 saturated carbocycles. The minimum atomic E-state index is -0.309. The fourth-order valence-corrected chi connectivity index (χ4v) is 3.01. The maximum Gasteiger partial charge on any atom is 0.150 e. The Morgan fingerprint density at radius 2 is 2.17 bits per heavy atom. The lowest BCUT2D eigenvalue weighted by atomic mass is 10.1. The Hall–Kier alpha value is -0.910. The Bertz CT molecular complexity index is 542. The van der Waals surface area contributed by atoms with Crippen molar-refractivity contribution < 1.29 is 4.39 Å². The molecule has 0 bridgehead atoms. The first-order chi connectivity index (χ1) is 8.56. The van der Waals surface area contributed by atoms with Crippen molar-refractivity contribution >= 4 is 33.0 Å². The first-order valence-corrected chi connectivity index (χ1v) is 7.18. The van der Waals surface area contributed by atoms with Gasteiger partial charge in [0, 0.05) is 18.7 Å². The van der Waals surface area contributed by atoms with Crippen LogP contribution in [-0.4, -0.2) is 11.9 Å². The smallest absolute Gasteiger partial charge is 0.150 e. The summed E-state index contributed by atoms with van der Waals surface area (Å²) in [5.41, 5.74) is 7.61. The minimum absolute atomic E-state index is 0.208. The lowest BCUT2D eigenvalue weighted by Crippen LogP contribution is -2.18. The van der Waals surface area contributed by atoms with Gasteiger partial charge in [0.25, 0.3) is 0 Å². The molecule has 0 fully saturated rings. The quantitative estimate of drug-likeness (QED) is 0.863. The number of halogens is 2. The Labute approximate surface area is 118 Å². The van der Waals surface area contributed by atoms with E-state index in [1.54, 1.807) is 29.5 Å². The van der Waals surface area contributed by atoms with Crippen LogP contribution in [0, 0.1) is 5.82 Å². The second kappa shape index (κ2) is 5.82. The first-order valence-electron chi connectivity index (χ1n) is 5.50. The van der Waals surface area contributed by atoms with E-state index in [9.17, 15) is 4.39 Å². The highest BCUT2D eigenvalue weighted by molar-refractivity contribution is 9.11. The molecule has 0 aliphatic heterocycles. The molecule has 0 unspecified atom stereocenters. The van der Waals surface area contributed by atoms with Gasteiger partial charge >= 0.3 is 0 Å². The van der Waals surface area contributed by atoms with Crippen molar-refractivity contribution in [3.8, 4) is 0 Å². The molecule has 2 aromatic rings. The highest BCUT2D eigenvalue weighted by Crippen LogP contribution is 2.22. The summed E-state index contributed by atoms with van der Waals surface area (Å²) < 4.78 is 14.9. The molecule has 0 radical (unpaired) electrons. The van der Waals surface area contributed by atoms with E-state index in [2.05, 4.69) is 32.3 Å². The van der Waals surface area contributed by atoms with Crippen LogP contribution in [0.3, 0.4) is 0 Å². The molecule has 0 atom stereocenters. The average molecular weight is 329 g/mol. The molecular formula is C13H14BrFN2S. The summed E-state index contributed by atoms with van der Waals surface area (Å²) in [5, 5.41) is 2.09. The van der Waals surface area contributed by atoms with Crippen molar-refractivity contribution in [2.75, 3.05) is 12.8 Å². The summed E-state index contributed by atoms with van der Waals surface area (Å²) in [6.45, 7) is 1.33. The molecule has 1 heterocycles. The average Bonchev–Trinajstić information content (AvgIpc) is 2.70. The number of hydrogen-bond acceptors (Lipinski definition) is 3. The monoisotopic (exact) mass is 328 g/mol. The molecule has 0 spiro atoms. The van der Waals surface area contributed by atoms with Gasteiger partial charge in [0.2, 0.25) is 0 Å². The third kappa shape index (κ3) is 3.31. The Kier molecular flexibility index (Phi) is 4.37. The van der Waals surface area contributed by atoms with E-state index in [1.165, 1.54) is 5.56 Å². The summed E-state index contributed by atoms with van der Waals surface area (Å²) >= 11 is 5.09. The van der Waals surface area contributed by atoms with Crippen LogP contribution in [-0.2, 0) is 13.1 Å². The highest BCUT2D eigenvalue weighted by atomic mass is 79.9. The second-order valence-electron chi connectivity index (χ2n) is 4.25. The topological polar surface area (TPSA) is 29.3 Å². The molecule has 0 amide bonds. The summed E-state index contributed by atoms with van der Waals surface area (Å²) in [6.07, 6.45) is 0. The third-order valence-corrected chi connectivity index (χ3v) is 4.18. The Morgan fingerprint density at radius 3 is 2.83 bits per heavy atom. The number of nitrogens with zero attached hydrogens (tertiary/aromatic N) is 1. The van der Waals surface area contributed by atoms with Gasteiger partial charge in [-0.2, -0.15) is 0 Å². The van der Waals surface area contributed by atoms with Crippen LogP contribution in [0.15, 0.2) is 33.4 Å². The summed E-state index contributed by atoms with van der Waals surface area (Å²) in [5.74, 6) is -0.309. The predicted octanol–water partition coefficient (Wildman–Crippen LogP) is 3.86. The van der Waals surface area contributed by atoms with Gasteiger partial charge in [-0.05, 0) is 46.1 Å². The number of nitrogen functional groups attached to an aromatic ring is 1. The van der Waals surface area contributed by atoms with E-state index in [4.69, 9.17) is 5.73 Å². The van der Waals surface area contributed by atoms with Gasteiger partial charge < -0.3 is 5.73 Å². The van der Waals surface area contributed by atoms with E-state index in [0.29, 0.717) is 12.1 Å². The van der Waals surface area contributed by atoms with E-state index >= 15 is 0 Å². The van der Waals surface area contributed by atoms with Crippen molar-refractivity contribution in [3.05, 3.63) is 50.4 Å². The van der Waals surface area contributed by atoms with Crippen LogP contribution in [0.4, 0.5) is 10.1 Å². The second-order valence-corrected chi connectivity index (χ2v) is 6.54. The molecule has 0 saturated heterocycles. The van der Waals surface area contributed by atoms with Gasteiger partial charge in [-0.25, -0.2) is 4.39 Å². The van der Waals surface area contributed by atoms with Gasteiger partial charge in [0.15, 0.2) is 5.82 Å². The van der Waals surface area contributed by atoms with Crippen LogP contribution >= 0.6 is 27.3 Å². The number of hydrogen-bond donors (Lipinski definition) is 1. The van der Waals surface area contributed by atoms with Crippen LogP contribution in [0.2, 0.25) is 0 Å². The third-order valence-electron chi connectivity index (χ3n) is 2.62. The summed E-state index contributed by atoms with van der Waals surface area (Å²) in [4.78, 5) is 2.06. The van der Waals surface area contributed by atoms with E-state index in [1.807, 2.05) is 7.05 Å². The maximum atomic E-state index is 13.7. The molecule has 2 N–H and O–H groups in total. The zero-order valence-electron chi connectivity index (χ0n) is 9.99. The van der Waals surface area contributed by atoms with Crippen LogP contribution < -0.4 is 5.73 Å². The fourth-order valence-electron chi connectivity index (χ4n) is 1.81. The zero-order chi connectivity index (χ0) is 13.1. The highest BCUT2D eigenvalue weighted by Gasteiger charge is 2.09. The molecule has 2 nitrogen and oxygen atoms in total. The normalized spacial score (nSPS) is 11.1. The molecule has 0 aliphatic carbocycles.